The SMILES string of the molecule is CC1OC(=O)C1NC(=O)OCCCCCCCc1ccccc1. The summed E-state index contributed by atoms with van der Waals surface area (Å²) in [5.41, 5.74) is 1.39. The van der Waals surface area contributed by atoms with E-state index in [2.05, 4.69) is 29.6 Å². The predicted octanol–water partition coefficient (Wildman–Crippen LogP) is 3.22. The first kappa shape index (κ1) is 17.3. The van der Waals surface area contributed by atoms with Crippen molar-refractivity contribution in [2.45, 2.75) is 57.6 Å². The third-order valence-corrected chi connectivity index (χ3v) is 3.98. The summed E-state index contributed by atoms with van der Waals surface area (Å²) in [5, 5.41) is 2.51. The molecular weight excluding hydrogens is 294 g/mol. The molecule has 0 aliphatic carbocycles. The molecule has 0 radical (unpaired) electrons. The van der Waals surface area contributed by atoms with Gasteiger partial charge in [0.15, 0.2) is 6.04 Å². The third kappa shape index (κ3) is 5.93. The molecule has 0 bridgehead atoms. The molecular formula is C18H25NO4. The molecule has 2 atom stereocenters. The number of esters is 1. The zero-order valence-corrected chi connectivity index (χ0v) is 13.6. The maximum Gasteiger partial charge on any atom is 0.407 e. The van der Waals surface area contributed by atoms with Gasteiger partial charge in [-0.3, -0.25) is 0 Å². The largest absolute Gasteiger partial charge is 0.458 e. The van der Waals surface area contributed by atoms with Gasteiger partial charge in [-0.15, -0.1) is 0 Å². The Balaban J connectivity index is 1.42. The van der Waals surface area contributed by atoms with Crippen LogP contribution in [0.2, 0.25) is 0 Å². The van der Waals surface area contributed by atoms with Crippen LogP contribution >= 0.6 is 0 Å². The molecule has 1 aliphatic rings. The lowest BCUT2D eigenvalue weighted by Crippen LogP contribution is -2.58. The first-order chi connectivity index (χ1) is 11.2. The Labute approximate surface area is 137 Å². The second kappa shape index (κ2) is 9.18. The van der Waals surface area contributed by atoms with Gasteiger partial charge in [-0.05, 0) is 31.7 Å². The Hall–Kier alpha value is -2.04. The summed E-state index contributed by atoms with van der Waals surface area (Å²) in [6.45, 7) is 2.13. The highest BCUT2D eigenvalue weighted by Gasteiger charge is 2.40. The van der Waals surface area contributed by atoms with E-state index in [1.807, 2.05) is 6.07 Å². The van der Waals surface area contributed by atoms with Crippen LogP contribution in [0.15, 0.2) is 30.3 Å². The topological polar surface area (TPSA) is 64.6 Å². The molecule has 1 heterocycles. The van der Waals surface area contributed by atoms with Crippen LogP contribution in [-0.4, -0.2) is 30.8 Å². The van der Waals surface area contributed by atoms with Crippen molar-refractivity contribution in [1.29, 1.82) is 0 Å². The molecule has 1 fully saturated rings. The molecule has 5 heteroatoms. The number of nitrogens with one attached hydrogen (secondary N) is 1. The summed E-state index contributed by atoms with van der Waals surface area (Å²) in [7, 11) is 0. The van der Waals surface area contributed by atoms with Crippen molar-refractivity contribution in [1.82, 2.24) is 5.32 Å². The molecule has 1 aromatic rings. The number of carbonyl (C=O) groups excluding carboxylic acids is 2. The van der Waals surface area contributed by atoms with Gasteiger partial charge in [0, 0.05) is 0 Å². The van der Waals surface area contributed by atoms with Gasteiger partial charge in [-0.1, -0.05) is 49.6 Å². The molecule has 2 unspecified atom stereocenters. The van der Waals surface area contributed by atoms with Gasteiger partial charge < -0.3 is 14.8 Å². The smallest absolute Gasteiger partial charge is 0.407 e. The number of carbonyl (C=O) groups is 2. The summed E-state index contributed by atoms with van der Waals surface area (Å²) in [6.07, 6.45) is 5.73. The van der Waals surface area contributed by atoms with Crippen LogP contribution in [0.1, 0.15) is 44.6 Å². The first-order valence-electron chi connectivity index (χ1n) is 8.34. The van der Waals surface area contributed by atoms with Gasteiger partial charge in [-0.25, -0.2) is 9.59 Å². The van der Waals surface area contributed by atoms with E-state index in [0.717, 1.165) is 25.7 Å². The van der Waals surface area contributed by atoms with E-state index in [1.165, 1.54) is 18.4 Å². The molecule has 0 spiro atoms. The van der Waals surface area contributed by atoms with Crippen LogP contribution in [0.5, 0.6) is 0 Å². The summed E-state index contributed by atoms with van der Waals surface area (Å²) in [4.78, 5) is 22.6. The molecule has 1 saturated heterocycles. The Bertz CT molecular complexity index is 503. The average molecular weight is 319 g/mol. The second-order valence-electron chi connectivity index (χ2n) is 5.90. The molecule has 5 nitrogen and oxygen atoms in total. The maximum absolute atomic E-state index is 11.5. The fourth-order valence-electron chi connectivity index (χ4n) is 2.56. The van der Waals surface area contributed by atoms with Crippen LogP contribution in [0.25, 0.3) is 0 Å². The number of hydrogen-bond donors (Lipinski definition) is 1. The Morgan fingerprint density at radius 1 is 1.13 bits per heavy atom. The number of rotatable bonds is 9. The van der Waals surface area contributed by atoms with Crippen LogP contribution in [0, 0.1) is 0 Å². The number of aryl methyl sites for hydroxylation is 1. The Kier molecular flexibility index (Phi) is 6.91. The first-order valence-corrected chi connectivity index (χ1v) is 8.34. The summed E-state index contributed by atoms with van der Waals surface area (Å²) in [5.74, 6) is -0.395. The highest BCUT2D eigenvalue weighted by Crippen LogP contribution is 2.13. The van der Waals surface area contributed by atoms with Gasteiger partial charge in [-0.2, -0.15) is 0 Å². The molecule has 0 aromatic heterocycles. The summed E-state index contributed by atoms with van der Waals surface area (Å²) >= 11 is 0. The molecule has 126 valence electrons. The van der Waals surface area contributed by atoms with Crippen LogP contribution in [0.3, 0.4) is 0 Å². The van der Waals surface area contributed by atoms with Crippen LogP contribution in [0.4, 0.5) is 4.79 Å². The Morgan fingerprint density at radius 3 is 2.52 bits per heavy atom. The normalized spacial score (nSPS) is 19.6. The fourth-order valence-corrected chi connectivity index (χ4v) is 2.56. The maximum atomic E-state index is 11.5. The zero-order valence-electron chi connectivity index (χ0n) is 13.6. The summed E-state index contributed by atoms with van der Waals surface area (Å²) < 4.78 is 9.82. The van der Waals surface area contributed by atoms with E-state index in [4.69, 9.17) is 9.47 Å². The lowest BCUT2D eigenvalue weighted by atomic mass is 10.1. The molecule has 1 aromatic carbocycles. The lowest BCUT2D eigenvalue weighted by Gasteiger charge is -2.32. The van der Waals surface area contributed by atoms with Crippen molar-refractivity contribution in [2.24, 2.45) is 0 Å². The van der Waals surface area contributed by atoms with E-state index in [0.29, 0.717) is 6.61 Å². The van der Waals surface area contributed by atoms with Crippen molar-refractivity contribution in [3.8, 4) is 0 Å². The minimum Gasteiger partial charge on any atom is -0.458 e. The van der Waals surface area contributed by atoms with Crippen LogP contribution < -0.4 is 5.32 Å². The molecule has 0 saturated carbocycles. The van der Waals surface area contributed by atoms with Gasteiger partial charge in [0.1, 0.15) is 6.10 Å². The van der Waals surface area contributed by atoms with Gasteiger partial charge in [0.05, 0.1) is 6.61 Å². The second-order valence-corrected chi connectivity index (χ2v) is 5.90. The van der Waals surface area contributed by atoms with E-state index in [-0.39, 0.29) is 6.10 Å². The number of benzene rings is 1. The van der Waals surface area contributed by atoms with E-state index < -0.39 is 18.1 Å². The monoisotopic (exact) mass is 319 g/mol. The molecule has 23 heavy (non-hydrogen) atoms. The lowest BCUT2D eigenvalue weighted by molar-refractivity contribution is -0.174. The number of amides is 1. The molecule has 2 rings (SSSR count). The van der Waals surface area contributed by atoms with Crippen molar-refractivity contribution in [2.75, 3.05) is 6.61 Å². The average Bonchev–Trinajstić information content (AvgIpc) is 2.56. The fraction of sp³-hybridized carbons (Fsp3) is 0.556. The van der Waals surface area contributed by atoms with Gasteiger partial charge >= 0.3 is 12.1 Å². The van der Waals surface area contributed by atoms with Crippen molar-refractivity contribution in [3.05, 3.63) is 35.9 Å². The third-order valence-electron chi connectivity index (χ3n) is 3.98. The van der Waals surface area contributed by atoms with Gasteiger partial charge in [0.2, 0.25) is 0 Å². The highest BCUT2D eigenvalue weighted by atomic mass is 16.6. The van der Waals surface area contributed by atoms with E-state index >= 15 is 0 Å². The highest BCUT2D eigenvalue weighted by molar-refractivity contribution is 5.86. The zero-order chi connectivity index (χ0) is 16.5. The summed E-state index contributed by atoms with van der Waals surface area (Å²) in [6, 6.07) is 9.94. The number of ether oxygens (including phenoxy) is 2. The molecule has 1 aliphatic heterocycles. The number of hydrogen-bond acceptors (Lipinski definition) is 4. The van der Waals surface area contributed by atoms with Crippen LogP contribution in [-0.2, 0) is 20.7 Å². The minimum atomic E-state index is -0.555. The molecule has 1 N–H and O–H groups in total. The minimum absolute atomic E-state index is 0.264. The standard InChI is InChI=1S/C18H25NO4/c1-14-16(17(20)23-14)19-18(21)22-13-9-4-2-3-6-10-15-11-7-5-8-12-15/h5,7-8,11-12,14,16H,2-4,6,9-10,13H2,1H3,(H,19,21). The van der Waals surface area contributed by atoms with Crippen molar-refractivity contribution < 1.29 is 19.1 Å². The quantitative estimate of drug-likeness (QED) is 0.561. The van der Waals surface area contributed by atoms with E-state index in [1.54, 1.807) is 6.92 Å². The van der Waals surface area contributed by atoms with Gasteiger partial charge in [0.25, 0.3) is 0 Å². The van der Waals surface area contributed by atoms with Crippen molar-refractivity contribution in [3.63, 3.8) is 0 Å². The number of alkyl carbamates (subject to hydrolysis) is 1. The number of unbranched alkanes of at least 4 members (excludes halogenated alkanes) is 4. The van der Waals surface area contributed by atoms with Crippen molar-refractivity contribution >= 4 is 12.1 Å². The predicted molar refractivity (Wildman–Crippen MR) is 87.1 cm³/mol. The number of cyclic esters (lactones) is 1. The molecule has 1 amide bonds. The Morgan fingerprint density at radius 2 is 1.83 bits per heavy atom. The van der Waals surface area contributed by atoms with E-state index in [9.17, 15) is 9.59 Å².